The summed E-state index contributed by atoms with van der Waals surface area (Å²) >= 11 is 0. The molecule has 2 N–H and O–H groups in total. The van der Waals surface area contributed by atoms with E-state index in [4.69, 9.17) is 12.2 Å². The average molecular weight is 197 g/mol. The quantitative estimate of drug-likeness (QED) is 0.706. The van der Waals surface area contributed by atoms with Crippen molar-refractivity contribution in [2.24, 2.45) is 7.05 Å². The van der Waals surface area contributed by atoms with Gasteiger partial charge in [-0.05, 0) is 12.1 Å². The van der Waals surface area contributed by atoms with Crippen molar-refractivity contribution in [3.8, 4) is 23.6 Å². The van der Waals surface area contributed by atoms with Gasteiger partial charge in [0.2, 0.25) is 0 Å². The minimum atomic E-state index is 0.659. The molecule has 0 bridgehead atoms. The van der Waals surface area contributed by atoms with Gasteiger partial charge in [0, 0.05) is 18.2 Å². The van der Waals surface area contributed by atoms with Crippen molar-refractivity contribution < 1.29 is 0 Å². The van der Waals surface area contributed by atoms with Gasteiger partial charge < -0.3 is 5.73 Å². The van der Waals surface area contributed by atoms with E-state index in [1.165, 1.54) is 0 Å². The summed E-state index contributed by atoms with van der Waals surface area (Å²) in [4.78, 5) is 0. The summed E-state index contributed by atoms with van der Waals surface area (Å²) in [6.45, 7) is 0. The number of rotatable bonds is 1. The third kappa shape index (κ3) is 1.57. The molecule has 2 rings (SSSR count). The van der Waals surface area contributed by atoms with E-state index in [0.29, 0.717) is 5.69 Å². The lowest BCUT2D eigenvalue weighted by atomic mass is 10.1. The maximum absolute atomic E-state index is 5.83. The number of nitrogens with zero attached hydrogens (tertiary/aromatic N) is 2. The minimum Gasteiger partial charge on any atom is -0.396 e. The van der Waals surface area contributed by atoms with Crippen LogP contribution in [0.5, 0.6) is 0 Å². The Kier molecular flexibility index (Phi) is 2.18. The molecule has 1 aromatic heterocycles. The van der Waals surface area contributed by atoms with Crippen LogP contribution < -0.4 is 5.73 Å². The summed E-state index contributed by atoms with van der Waals surface area (Å²) in [5, 5.41) is 4.09. The Morgan fingerprint density at radius 3 is 2.87 bits per heavy atom. The van der Waals surface area contributed by atoms with E-state index in [0.717, 1.165) is 16.8 Å². The van der Waals surface area contributed by atoms with Crippen molar-refractivity contribution >= 4 is 5.69 Å². The van der Waals surface area contributed by atoms with E-state index >= 15 is 0 Å². The number of aromatic nitrogens is 2. The van der Waals surface area contributed by atoms with Gasteiger partial charge in [0.1, 0.15) is 0 Å². The normalized spacial score (nSPS) is 9.87. The lowest BCUT2D eigenvalue weighted by Gasteiger charge is -2.04. The second-order valence-corrected chi connectivity index (χ2v) is 3.30. The van der Waals surface area contributed by atoms with Crippen LogP contribution in [-0.2, 0) is 7.05 Å². The number of nitrogen functional groups attached to an aromatic ring is 1. The Bertz CT molecular complexity index is 513. The molecule has 0 amide bonds. The van der Waals surface area contributed by atoms with E-state index in [9.17, 15) is 0 Å². The van der Waals surface area contributed by atoms with Gasteiger partial charge in [-0.25, -0.2) is 0 Å². The maximum atomic E-state index is 5.83. The van der Waals surface area contributed by atoms with Crippen LogP contribution in [0.15, 0.2) is 30.5 Å². The fraction of sp³-hybridized carbons (Fsp3) is 0.0833. The first kappa shape index (κ1) is 9.35. The molecule has 74 valence electrons. The van der Waals surface area contributed by atoms with E-state index < -0.39 is 0 Å². The molecule has 0 saturated heterocycles. The van der Waals surface area contributed by atoms with Gasteiger partial charge >= 0.3 is 0 Å². The highest BCUT2D eigenvalue weighted by Crippen LogP contribution is 2.25. The highest BCUT2D eigenvalue weighted by molar-refractivity contribution is 5.73. The third-order valence-corrected chi connectivity index (χ3v) is 2.27. The van der Waals surface area contributed by atoms with Crippen LogP contribution in [0, 0.1) is 12.3 Å². The van der Waals surface area contributed by atoms with Crippen molar-refractivity contribution in [2.45, 2.75) is 0 Å². The molecule has 0 fully saturated rings. The molecule has 0 saturated carbocycles. The van der Waals surface area contributed by atoms with E-state index in [-0.39, 0.29) is 0 Å². The van der Waals surface area contributed by atoms with E-state index in [1.807, 2.05) is 31.3 Å². The van der Waals surface area contributed by atoms with Gasteiger partial charge in [0.25, 0.3) is 0 Å². The summed E-state index contributed by atoms with van der Waals surface area (Å²) in [6, 6.07) is 7.69. The Labute approximate surface area is 88.5 Å². The Balaban J connectivity index is 2.60. The molecule has 2 aromatic rings. The zero-order chi connectivity index (χ0) is 10.8. The number of nitrogens with two attached hydrogens (primary N) is 1. The average Bonchev–Trinajstić information content (AvgIpc) is 2.59. The van der Waals surface area contributed by atoms with Crippen LogP contribution in [0.2, 0.25) is 0 Å². The Hall–Kier alpha value is -2.21. The lowest BCUT2D eigenvalue weighted by molar-refractivity contribution is 0.776. The molecule has 0 aliphatic heterocycles. The topological polar surface area (TPSA) is 43.8 Å². The molecular formula is C12H11N3. The van der Waals surface area contributed by atoms with Crippen molar-refractivity contribution in [1.29, 1.82) is 0 Å². The predicted octanol–water partition coefficient (Wildman–Crippen LogP) is 1.65. The number of aryl methyl sites for hydroxylation is 1. The third-order valence-electron chi connectivity index (χ3n) is 2.27. The summed E-state index contributed by atoms with van der Waals surface area (Å²) in [6.07, 6.45) is 6.98. The summed E-state index contributed by atoms with van der Waals surface area (Å²) in [5.74, 6) is 2.60. The van der Waals surface area contributed by atoms with Crippen LogP contribution >= 0.6 is 0 Å². The first-order valence-electron chi connectivity index (χ1n) is 4.57. The molecule has 0 aliphatic rings. The minimum absolute atomic E-state index is 0.659. The molecule has 0 spiro atoms. The van der Waals surface area contributed by atoms with Crippen molar-refractivity contribution in [3.63, 3.8) is 0 Å². The van der Waals surface area contributed by atoms with Crippen LogP contribution in [0.1, 0.15) is 5.56 Å². The smallest absolute Gasteiger partial charge is 0.0909 e. The zero-order valence-electron chi connectivity index (χ0n) is 8.44. The Morgan fingerprint density at radius 1 is 1.47 bits per heavy atom. The fourth-order valence-corrected chi connectivity index (χ4v) is 1.56. The van der Waals surface area contributed by atoms with Gasteiger partial charge in [-0.2, -0.15) is 5.10 Å². The van der Waals surface area contributed by atoms with Crippen LogP contribution in [0.3, 0.4) is 0 Å². The molecule has 0 radical (unpaired) electrons. The second-order valence-electron chi connectivity index (χ2n) is 3.30. The highest BCUT2D eigenvalue weighted by atomic mass is 15.3. The van der Waals surface area contributed by atoms with Crippen molar-refractivity contribution in [2.75, 3.05) is 5.73 Å². The second kappa shape index (κ2) is 3.50. The van der Waals surface area contributed by atoms with Gasteiger partial charge in [0.15, 0.2) is 0 Å². The molecule has 0 aliphatic carbocycles. The SMILES string of the molecule is C#Cc1cccc(-c2c(N)cnn2C)c1. The number of benzene rings is 1. The number of hydrogen-bond donors (Lipinski definition) is 1. The van der Waals surface area contributed by atoms with E-state index in [2.05, 4.69) is 11.0 Å². The zero-order valence-corrected chi connectivity index (χ0v) is 8.44. The number of anilines is 1. The molecule has 0 atom stereocenters. The van der Waals surface area contributed by atoms with Gasteiger partial charge in [-0.3, -0.25) is 4.68 Å². The highest BCUT2D eigenvalue weighted by Gasteiger charge is 2.07. The number of hydrogen-bond acceptors (Lipinski definition) is 2. The molecule has 15 heavy (non-hydrogen) atoms. The predicted molar refractivity (Wildman–Crippen MR) is 61.0 cm³/mol. The van der Waals surface area contributed by atoms with Gasteiger partial charge in [-0.1, -0.05) is 18.1 Å². The molecule has 0 unspecified atom stereocenters. The fourth-order valence-electron chi connectivity index (χ4n) is 1.56. The molecule has 3 heteroatoms. The van der Waals surface area contributed by atoms with Crippen LogP contribution in [0.25, 0.3) is 11.3 Å². The summed E-state index contributed by atoms with van der Waals surface area (Å²) < 4.78 is 1.74. The van der Waals surface area contributed by atoms with Gasteiger partial charge in [0.05, 0.1) is 17.6 Å². The largest absolute Gasteiger partial charge is 0.396 e. The first-order chi connectivity index (χ1) is 7.22. The Morgan fingerprint density at radius 2 is 2.27 bits per heavy atom. The van der Waals surface area contributed by atoms with Crippen LogP contribution in [0.4, 0.5) is 5.69 Å². The molecule has 1 aromatic carbocycles. The molecule has 3 nitrogen and oxygen atoms in total. The standard InChI is InChI=1S/C12H11N3/c1-3-9-5-4-6-10(7-9)12-11(13)8-14-15(12)2/h1,4-8H,13H2,2H3. The maximum Gasteiger partial charge on any atom is 0.0909 e. The first-order valence-corrected chi connectivity index (χ1v) is 4.57. The molecule has 1 heterocycles. The summed E-state index contributed by atoms with van der Waals surface area (Å²) in [5.41, 5.74) is 9.21. The lowest BCUT2D eigenvalue weighted by Crippen LogP contribution is -1.95. The van der Waals surface area contributed by atoms with Crippen LogP contribution in [-0.4, -0.2) is 9.78 Å². The summed E-state index contributed by atoms with van der Waals surface area (Å²) in [7, 11) is 1.86. The monoisotopic (exact) mass is 197 g/mol. The number of terminal acetylenes is 1. The van der Waals surface area contributed by atoms with Crippen molar-refractivity contribution in [1.82, 2.24) is 9.78 Å². The van der Waals surface area contributed by atoms with E-state index in [1.54, 1.807) is 10.9 Å². The van der Waals surface area contributed by atoms with Gasteiger partial charge in [-0.15, -0.1) is 6.42 Å². The van der Waals surface area contributed by atoms with Crippen molar-refractivity contribution in [3.05, 3.63) is 36.0 Å². The molecular weight excluding hydrogens is 186 g/mol.